The van der Waals surface area contributed by atoms with Crippen molar-refractivity contribution >= 4 is 11.9 Å². The molecule has 0 bridgehead atoms. The number of hydrogen-bond donors (Lipinski definition) is 2. The number of carbonyl (C=O) groups excluding carboxylic acids is 2. The molecule has 3 aromatic carbocycles. The van der Waals surface area contributed by atoms with Gasteiger partial charge < -0.3 is 24.6 Å². The van der Waals surface area contributed by atoms with Gasteiger partial charge in [0.15, 0.2) is 11.5 Å². The fourth-order valence-corrected chi connectivity index (χ4v) is 5.40. The monoisotopic (exact) mass is 638 g/mol. The van der Waals surface area contributed by atoms with E-state index in [9.17, 15) is 41.0 Å². The van der Waals surface area contributed by atoms with Crippen LogP contribution < -0.4 is 19.5 Å². The maximum atomic E-state index is 13.6. The predicted molar refractivity (Wildman–Crippen MR) is 147 cm³/mol. The van der Waals surface area contributed by atoms with Crippen LogP contribution in [-0.2, 0) is 28.9 Å². The van der Waals surface area contributed by atoms with Crippen molar-refractivity contribution in [2.75, 3.05) is 6.79 Å². The number of halogens is 6. The highest BCUT2D eigenvalue weighted by Gasteiger charge is 2.71. The zero-order valence-corrected chi connectivity index (χ0v) is 24.0. The zero-order chi connectivity index (χ0) is 32.8. The Morgan fingerprint density at radius 2 is 1.58 bits per heavy atom. The van der Waals surface area contributed by atoms with Gasteiger partial charge in [0.1, 0.15) is 17.0 Å². The van der Waals surface area contributed by atoms with Crippen molar-refractivity contribution in [1.29, 1.82) is 0 Å². The number of ether oxygens (including phenoxy) is 3. The highest BCUT2D eigenvalue weighted by Crippen LogP contribution is 2.51. The summed E-state index contributed by atoms with van der Waals surface area (Å²) < 4.78 is 97.1. The second kappa shape index (κ2) is 11.5. The van der Waals surface area contributed by atoms with Crippen molar-refractivity contribution < 1.29 is 55.2 Å². The summed E-state index contributed by atoms with van der Waals surface area (Å²) in [6.45, 7) is 3.42. The van der Waals surface area contributed by atoms with Crippen LogP contribution in [0.1, 0.15) is 48.9 Å². The third kappa shape index (κ3) is 5.51. The van der Waals surface area contributed by atoms with Crippen LogP contribution in [0.25, 0.3) is 0 Å². The Kier molecular flexibility index (Phi) is 8.15. The number of carbonyl (C=O) groups is 2. The van der Waals surface area contributed by atoms with E-state index in [0.717, 1.165) is 11.0 Å². The maximum absolute atomic E-state index is 13.6. The molecule has 1 fully saturated rings. The number of benzene rings is 3. The molecule has 0 saturated carbocycles. The fourth-order valence-electron chi connectivity index (χ4n) is 5.40. The van der Waals surface area contributed by atoms with Crippen LogP contribution in [0.2, 0.25) is 0 Å². The topological polar surface area (TPSA) is 97.3 Å². The van der Waals surface area contributed by atoms with E-state index in [2.05, 4.69) is 5.32 Å². The van der Waals surface area contributed by atoms with Crippen LogP contribution >= 0.6 is 0 Å². The predicted octanol–water partition coefficient (Wildman–Crippen LogP) is 6.83. The number of aliphatic hydroxyl groups is 1. The molecule has 5 rings (SSSR count). The van der Waals surface area contributed by atoms with Crippen molar-refractivity contribution in [2.45, 2.75) is 63.1 Å². The van der Waals surface area contributed by atoms with Gasteiger partial charge in [-0.15, -0.1) is 0 Å². The number of rotatable bonds is 9. The molecule has 1 saturated heterocycles. The number of nitrogens with zero attached hydrogens (tertiary/aromatic N) is 1. The number of aryl methyl sites for hydroxylation is 1. The highest BCUT2D eigenvalue weighted by atomic mass is 19.4. The van der Waals surface area contributed by atoms with Crippen molar-refractivity contribution in [3.8, 4) is 23.0 Å². The largest absolute Gasteiger partial charge is 0.457 e. The lowest BCUT2D eigenvalue weighted by atomic mass is 9.87. The minimum absolute atomic E-state index is 0.00519. The molecule has 1 unspecified atom stereocenters. The number of hydrogen-bond acceptors (Lipinski definition) is 6. The molecular formula is C31H28F6N2O6. The van der Waals surface area contributed by atoms with Crippen LogP contribution in [0.4, 0.5) is 31.1 Å². The van der Waals surface area contributed by atoms with Gasteiger partial charge in [-0.1, -0.05) is 44.5 Å². The van der Waals surface area contributed by atoms with Gasteiger partial charge in [0.05, 0.1) is 6.54 Å². The number of fused-ring (bicyclic) bond motifs is 1. The van der Waals surface area contributed by atoms with Gasteiger partial charge in [-0.3, -0.25) is 9.69 Å². The van der Waals surface area contributed by atoms with Crippen LogP contribution in [0.15, 0.2) is 60.7 Å². The Bertz CT molecular complexity index is 1590. The standard InChI is InChI=1S/C31H28F6N2O6/c1-3-5-19-14-21(29(42,30(32,33)34)31(35,36)37)9-12-23(19)45-22-10-6-18(7-11-22)16-39-26(40)28(4-2,38-27(39)41)20-8-13-24-25(15-20)44-17-43-24/h6-15,42H,3-5,16-17H2,1-2H3,(H,38,41). The first-order valence-electron chi connectivity index (χ1n) is 13.9. The summed E-state index contributed by atoms with van der Waals surface area (Å²) in [4.78, 5) is 27.6. The zero-order valence-electron chi connectivity index (χ0n) is 24.0. The van der Waals surface area contributed by atoms with E-state index in [1.807, 2.05) is 0 Å². The smallest absolute Gasteiger partial charge is 0.430 e. The summed E-state index contributed by atoms with van der Waals surface area (Å²) in [5.41, 5.74) is -6.62. The van der Waals surface area contributed by atoms with E-state index in [-0.39, 0.29) is 43.2 Å². The summed E-state index contributed by atoms with van der Waals surface area (Å²) in [6.07, 6.45) is -11.3. The molecule has 2 N–H and O–H groups in total. The first-order valence-corrected chi connectivity index (χ1v) is 13.9. The first kappa shape index (κ1) is 31.9. The number of urea groups is 1. The van der Waals surface area contributed by atoms with E-state index < -0.39 is 41.0 Å². The Balaban J connectivity index is 1.34. The van der Waals surface area contributed by atoms with Gasteiger partial charge in [-0.2, -0.15) is 26.3 Å². The highest BCUT2D eigenvalue weighted by molar-refractivity contribution is 6.07. The third-order valence-electron chi connectivity index (χ3n) is 7.88. The molecule has 8 nitrogen and oxygen atoms in total. The van der Waals surface area contributed by atoms with E-state index in [0.29, 0.717) is 41.2 Å². The van der Waals surface area contributed by atoms with Crippen LogP contribution in [-0.4, -0.2) is 41.1 Å². The van der Waals surface area contributed by atoms with Gasteiger partial charge in [0.25, 0.3) is 11.5 Å². The van der Waals surface area contributed by atoms with Crippen LogP contribution in [0, 0.1) is 0 Å². The van der Waals surface area contributed by atoms with Crippen molar-refractivity contribution in [3.63, 3.8) is 0 Å². The van der Waals surface area contributed by atoms with E-state index in [4.69, 9.17) is 14.2 Å². The molecule has 1 atom stereocenters. The average Bonchev–Trinajstić information content (AvgIpc) is 3.55. The minimum atomic E-state index is -6.01. The molecule has 3 aromatic rings. The van der Waals surface area contributed by atoms with Gasteiger partial charge in [0, 0.05) is 5.56 Å². The first-order chi connectivity index (χ1) is 21.1. The molecule has 2 aliphatic heterocycles. The molecule has 0 radical (unpaired) electrons. The molecule has 14 heteroatoms. The molecular weight excluding hydrogens is 610 g/mol. The van der Waals surface area contributed by atoms with Crippen LogP contribution in [0.5, 0.6) is 23.0 Å². The molecule has 0 aromatic heterocycles. The Morgan fingerprint density at radius 1 is 0.911 bits per heavy atom. The van der Waals surface area contributed by atoms with Crippen molar-refractivity contribution in [3.05, 3.63) is 82.9 Å². The van der Waals surface area contributed by atoms with Gasteiger partial charge in [0.2, 0.25) is 6.79 Å². The summed E-state index contributed by atoms with van der Waals surface area (Å²) in [5.74, 6) is 0.736. The second-order valence-corrected chi connectivity index (χ2v) is 10.7. The summed E-state index contributed by atoms with van der Waals surface area (Å²) in [5, 5.41) is 12.6. The fraction of sp³-hybridized carbons (Fsp3) is 0.355. The summed E-state index contributed by atoms with van der Waals surface area (Å²) >= 11 is 0. The Hall–Kier alpha value is -4.46. The lowest BCUT2D eigenvalue weighted by Gasteiger charge is -2.33. The number of nitrogens with one attached hydrogen (secondary N) is 1. The van der Waals surface area contributed by atoms with Crippen LogP contribution in [0.3, 0.4) is 0 Å². The molecule has 3 amide bonds. The molecule has 2 heterocycles. The quantitative estimate of drug-likeness (QED) is 0.197. The second-order valence-electron chi connectivity index (χ2n) is 10.7. The lowest BCUT2D eigenvalue weighted by Crippen LogP contribution is -2.53. The number of imide groups is 1. The maximum Gasteiger partial charge on any atom is 0.430 e. The summed E-state index contributed by atoms with van der Waals surface area (Å²) in [7, 11) is 0. The SMILES string of the molecule is CCCc1cc(C(O)(C(F)(F)F)C(F)(F)F)ccc1Oc1ccc(CN2C(=O)NC(CC)(c3ccc4c(c3)OCO4)C2=O)cc1. The molecule has 240 valence electrons. The van der Waals surface area contributed by atoms with Gasteiger partial charge in [-0.25, -0.2) is 4.79 Å². The molecule has 2 aliphatic rings. The molecule has 45 heavy (non-hydrogen) atoms. The Morgan fingerprint density at radius 3 is 2.20 bits per heavy atom. The molecule has 0 spiro atoms. The van der Waals surface area contributed by atoms with Crippen molar-refractivity contribution in [1.82, 2.24) is 10.2 Å². The van der Waals surface area contributed by atoms with E-state index in [1.165, 1.54) is 12.1 Å². The summed E-state index contributed by atoms with van der Waals surface area (Å²) in [6, 6.07) is 12.7. The number of alkyl halides is 6. The average molecular weight is 639 g/mol. The minimum Gasteiger partial charge on any atom is -0.457 e. The third-order valence-corrected chi connectivity index (χ3v) is 7.88. The number of amides is 3. The van der Waals surface area contributed by atoms with E-state index in [1.54, 1.807) is 44.2 Å². The lowest BCUT2D eigenvalue weighted by molar-refractivity contribution is -0.376. The molecule has 0 aliphatic carbocycles. The Labute approximate surface area is 253 Å². The normalized spacial score (nSPS) is 18.4. The van der Waals surface area contributed by atoms with Gasteiger partial charge in [-0.05, 0) is 65.9 Å². The van der Waals surface area contributed by atoms with E-state index >= 15 is 0 Å². The van der Waals surface area contributed by atoms with Crippen molar-refractivity contribution in [2.24, 2.45) is 0 Å². The van der Waals surface area contributed by atoms with Gasteiger partial charge >= 0.3 is 18.4 Å².